The molecule has 0 aliphatic carbocycles. The van der Waals surface area contributed by atoms with Crippen LogP contribution in [-0.4, -0.2) is 5.91 Å². The van der Waals surface area contributed by atoms with E-state index in [9.17, 15) is 22.4 Å². The zero-order valence-corrected chi connectivity index (χ0v) is 12.5. The maximum absolute atomic E-state index is 13.0. The van der Waals surface area contributed by atoms with Crippen molar-refractivity contribution in [2.75, 3.05) is 5.43 Å². The molecule has 2 aromatic carbocycles. The Kier molecular flexibility index (Phi) is 4.95. The van der Waals surface area contributed by atoms with Crippen LogP contribution in [0.1, 0.15) is 21.5 Å². The van der Waals surface area contributed by atoms with E-state index in [1.54, 1.807) is 6.07 Å². The molecule has 2 rings (SSSR count). The number of hydrogen-bond acceptors (Lipinski definition) is 3. The molecule has 124 valence electrons. The van der Waals surface area contributed by atoms with Crippen LogP contribution in [-0.2, 0) is 6.18 Å². The number of nitrogens with zero attached hydrogens (tertiary/aromatic N) is 1. The summed E-state index contributed by atoms with van der Waals surface area (Å²) < 4.78 is 52.0. The second-order valence-corrected chi connectivity index (χ2v) is 4.99. The molecule has 0 heterocycles. The number of nitriles is 1. The van der Waals surface area contributed by atoms with E-state index in [4.69, 9.17) is 16.9 Å². The minimum Gasteiger partial charge on any atom is -0.298 e. The molecule has 0 aliphatic heterocycles. The van der Waals surface area contributed by atoms with Gasteiger partial charge in [-0.15, -0.1) is 0 Å². The smallest absolute Gasteiger partial charge is 0.298 e. The van der Waals surface area contributed by atoms with Gasteiger partial charge in [-0.25, -0.2) is 4.39 Å². The van der Waals surface area contributed by atoms with Crippen LogP contribution in [0.25, 0.3) is 0 Å². The molecule has 2 aromatic rings. The van der Waals surface area contributed by atoms with Gasteiger partial charge in [0.2, 0.25) is 0 Å². The number of alkyl halides is 3. The van der Waals surface area contributed by atoms with Gasteiger partial charge in [0.25, 0.3) is 5.91 Å². The number of hydrazine groups is 1. The maximum Gasteiger partial charge on any atom is 0.418 e. The van der Waals surface area contributed by atoms with Gasteiger partial charge in [-0.05, 0) is 36.4 Å². The number of carbonyl (C=O) groups is 1. The van der Waals surface area contributed by atoms with E-state index < -0.39 is 29.2 Å². The summed E-state index contributed by atoms with van der Waals surface area (Å²) in [7, 11) is 0. The Bertz CT molecular complexity index is 830. The Morgan fingerprint density at radius 2 is 1.88 bits per heavy atom. The van der Waals surface area contributed by atoms with Crippen molar-refractivity contribution in [2.24, 2.45) is 0 Å². The molecule has 0 unspecified atom stereocenters. The van der Waals surface area contributed by atoms with Crippen LogP contribution in [0.15, 0.2) is 36.4 Å². The molecule has 2 N–H and O–H groups in total. The average molecular weight is 358 g/mol. The van der Waals surface area contributed by atoms with E-state index in [2.05, 4.69) is 10.9 Å². The zero-order chi connectivity index (χ0) is 17.9. The highest BCUT2D eigenvalue weighted by Crippen LogP contribution is 2.35. The Labute approximate surface area is 138 Å². The predicted octanol–water partition coefficient (Wildman–Crippen LogP) is 4.13. The van der Waals surface area contributed by atoms with Gasteiger partial charge in [-0.2, -0.15) is 18.4 Å². The lowest BCUT2D eigenvalue weighted by Crippen LogP contribution is -2.30. The largest absolute Gasteiger partial charge is 0.418 e. The summed E-state index contributed by atoms with van der Waals surface area (Å²) in [4.78, 5) is 11.9. The van der Waals surface area contributed by atoms with Crippen molar-refractivity contribution < 1.29 is 22.4 Å². The Morgan fingerprint density at radius 3 is 2.46 bits per heavy atom. The first-order valence-corrected chi connectivity index (χ1v) is 6.73. The third kappa shape index (κ3) is 3.94. The molecule has 0 saturated carbocycles. The first-order chi connectivity index (χ1) is 11.2. The first-order valence-electron chi connectivity index (χ1n) is 6.35. The normalized spacial score (nSPS) is 10.8. The van der Waals surface area contributed by atoms with Crippen molar-refractivity contribution in [2.45, 2.75) is 6.18 Å². The van der Waals surface area contributed by atoms with E-state index in [0.29, 0.717) is 6.07 Å². The van der Waals surface area contributed by atoms with E-state index in [0.717, 1.165) is 24.3 Å². The van der Waals surface area contributed by atoms with Crippen molar-refractivity contribution in [1.82, 2.24) is 5.43 Å². The summed E-state index contributed by atoms with van der Waals surface area (Å²) in [6.45, 7) is 0. The number of nitrogens with one attached hydrogen (secondary N) is 2. The zero-order valence-electron chi connectivity index (χ0n) is 11.7. The van der Waals surface area contributed by atoms with Crippen molar-refractivity contribution in [3.63, 3.8) is 0 Å². The van der Waals surface area contributed by atoms with Gasteiger partial charge in [0, 0.05) is 5.56 Å². The molecule has 0 spiro atoms. The van der Waals surface area contributed by atoms with E-state index in [-0.39, 0.29) is 16.1 Å². The van der Waals surface area contributed by atoms with Crippen LogP contribution < -0.4 is 10.9 Å². The topological polar surface area (TPSA) is 64.9 Å². The summed E-state index contributed by atoms with van der Waals surface area (Å²) in [6, 6.07) is 7.56. The summed E-state index contributed by atoms with van der Waals surface area (Å²) >= 11 is 5.54. The van der Waals surface area contributed by atoms with Gasteiger partial charge in [-0.1, -0.05) is 11.6 Å². The average Bonchev–Trinajstić information content (AvgIpc) is 2.54. The standard InChI is InChI=1S/C15H8ClF4N3O/c16-11-6-9(2-3-12(11)17)14(24)23-22-13-4-1-8(7-21)5-10(13)15(18,19)20/h1-6,22H,(H,23,24). The fraction of sp³-hybridized carbons (Fsp3) is 0.0667. The van der Waals surface area contributed by atoms with Crippen molar-refractivity contribution in [1.29, 1.82) is 5.26 Å². The number of halogens is 5. The monoisotopic (exact) mass is 357 g/mol. The van der Waals surface area contributed by atoms with Gasteiger partial charge in [0.1, 0.15) is 5.82 Å². The molecule has 0 fully saturated rings. The van der Waals surface area contributed by atoms with Crippen molar-refractivity contribution in [3.8, 4) is 6.07 Å². The lowest BCUT2D eigenvalue weighted by Gasteiger charge is -2.15. The third-order valence-corrected chi connectivity index (χ3v) is 3.24. The molecular weight excluding hydrogens is 350 g/mol. The maximum atomic E-state index is 13.0. The number of amides is 1. The summed E-state index contributed by atoms with van der Waals surface area (Å²) in [5.74, 6) is -1.54. The number of carbonyl (C=O) groups excluding carboxylic acids is 1. The molecule has 0 aliphatic rings. The molecule has 0 atom stereocenters. The highest BCUT2D eigenvalue weighted by atomic mass is 35.5. The highest BCUT2D eigenvalue weighted by Gasteiger charge is 2.34. The fourth-order valence-corrected chi connectivity index (χ4v) is 1.97. The molecule has 0 radical (unpaired) electrons. The molecule has 0 bridgehead atoms. The molecule has 0 aromatic heterocycles. The second kappa shape index (κ2) is 6.76. The van der Waals surface area contributed by atoms with Crippen LogP contribution in [0.2, 0.25) is 5.02 Å². The van der Waals surface area contributed by atoms with E-state index >= 15 is 0 Å². The SMILES string of the molecule is N#Cc1ccc(NNC(=O)c2ccc(F)c(Cl)c2)c(C(F)(F)F)c1. The number of benzene rings is 2. The molecule has 1 amide bonds. The van der Waals surface area contributed by atoms with E-state index in [1.807, 2.05) is 0 Å². The first kappa shape index (κ1) is 17.6. The molecule has 0 saturated heterocycles. The number of anilines is 1. The lowest BCUT2D eigenvalue weighted by atomic mass is 10.1. The Morgan fingerprint density at radius 1 is 1.17 bits per heavy atom. The molecular formula is C15H8ClF4N3O. The summed E-state index contributed by atoms with van der Waals surface area (Å²) in [6.07, 6.45) is -4.72. The summed E-state index contributed by atoms with van der Waals surface area (Å²) in [5, 5.41) is 8.39. The Balaban J connectivity index is 2.21. The van der Waals surface area contributed by atoms with Crippen LogP contribution in [0.4, 0.5) is 23.2 Å². The summed E-state index contributed by atoms with van der Waals surface area (Å²) in [5.41, 5.74) is 2.42. The van der Waals surface area contributed by atoms with Crippen LogP contribution in [0.5, 0.6) is 0 Å². The van der Waals surface area contributed by atoms with Crippen LogP contribution in [0, 0.1) is 17.1 Å². The van der Waals surface area contributed by atoms with Gasteiger partial charge >= 0.3 is 6.18 Å². The third-order valence-electron chi connectivity index (χ3n) is 2.95. The highest BCUT2D eigenvalue weighted by molar-refractivity contribution is 6.31. The molecule has 24 heavy (non-hydrogen) atoms. The van der Waals surface area contributed by atoms with Gasteiger partial charge < -0.3 is 0 Å². The fourth-order valence-electron chi connectivity index (χ4n) is 1.79. The van der Waals surface area contributed by atoms with Gasteiger partial charge in [0.05, 0.1) is 27.9 Å². The molecule has 9 heteroatoms. The van der Waals surface area contributed by atoms with Crippen molar-refractivity contribution in [3.05, 3.63) is 63.9 Å². The lowest BCUT2D eigenvalue weighted by molar-refractivity contribution is -0.137. The van der Waals surface area contributed by atoms with E-state index in [1.165, 1.54) is 6.07 Å². The molecule has 4 nitrogen and oxygen atoms in total. The number of rotatable bonds is 3. The Hall–Kier alpha value is -2.79. The van der Waals surface area contributed by atoms with Crippen LogP contribution >= 0.6 is 11.6 Å². The van der Waals surface area contributed by atoms with Crippen LogP contribution in [0.3, 0.4) is 0 Å². The predicted molar refractivity (Wildman–Crippen MR) is 78.7 cm³/mol. The minimum atomic E-state index is -4.72. The van der Waals surface area contributed by atoms with Gasteiger partial charge in [-0.3, -0.25) is 15.6 Å². The minimum absolute atomic E-state index is 0.0453. The van der Waals surface area contributed by atoms with Gasteiger partial charge in [0.15, 0.2) is 0 Å². The second-order valence-electron chi connectivity index (χ2n) is 4.58. The number of hydrogen-bond donors (Lipinski definition) is 2. The quantitative estimate of drug-likeness (QED) is 0.641. The van der Waals surface area contributed by atoms with Crippen molar-refractivity contribution >= 4 is 23.2 Å².